The first-order valence-electron chi connectivity index (χ1n) is 19.0. The Labute approximate surface area is 324 Å². The minimum atomic E-state index is -0.371. The van der Waals surface area contributed by atoms with E-state index in [1.165, 1.54) is 28.1 Å². The molecule has 4 aromatic rings. The molecule has 8 heteroatoms. The summed E-state index contributed by atoms with van der Waals surface area (Å²) in [6, 6.07) is 34.5. The highest BCUT2D eigenvalue weighted by Crippen LogP contribution is 2.47. The minimum absolute atomic E-state index is 0.0832. The molecule has 1 N–H and O–H groups in total. The summed E-state index contributed by atoms with van der Waals surface area (Å²) in [4.78, 5) is 19.8. The molecule has 0 spiro atoms. The number of azide groups is 1. The number of allylic oxidation sites excluding steroid dienone is 6. The van der Waals surface area contributed by atoms with Gasteiger partial charge in [0, 0.05) is 64.7 Å². The first-order valence-corrected chi connectivity index (χ1v) is 19.0. The predicted octanol–water partition coefficient (Wildman–Crippen LogP) is 10.4. The molecule has 55 heavy (non-hydrogen) atoms. The Bertz CT molecular complexity index is 2320. The van der Waals surface area contributed by atoms with Gasteiger partial charge in [0.15, 0.2) is 5.71 Å². The maximum Gasteiger partial charge on any atom is 0.339 e. The molecule has 0 bridgehead atoms. The van der Waals surface area contributed by atoms with Gasteiger partial charge in [-0.3, -0.25) is 0 Å². The Morgan fingerprint density at radius 1 is 0.891 bits per heavy atom. The van der Waals surface area contributed by atoms with Gasteiger partial charge < -0.3 is 15.0 Å². The number of esters is 1. The fourth-order valence-corrected chi connectivity index (χ4v) is 8.49. The van der Waals surface area contributed by atoms with E-state index in [9.17, 15) is 4.79 Å². The van der Waals surface area contributed by atoms with Crippen LogP contribution in [0.15, 0.2) is 155 Å². The van der Waals surface area contributed by atoms with Crippen molar-refractivity contribution < 1.29 is 14.1 Å². The van der Waals surface area contributed by atoms with Crippen molar-refractivity contribution in [1.82, 2.24) is 5.32 Å². The van der Waals surface area contributed by atoms with E-state index in [1.54, 1.807) is 12.1 Å². The number of nitrogens with zero attached hydrogens (tertiary/aromatic N) is 5. The fraction of sp³-hybridized carbons (Fsp3) is 0.277. The van der Waals surface area contributed by atoms with Crippen molar-refractivity contribution in [2.45, 2.75) is 70.6 Å². The second-order valence-corrected chi connectivity index (χ2v) is 15.6. The molecule has 1 aliphatic carbocycles. The van der Waals surface area contributed by atoms with Gasteiger partial charge in [-0.2, -0.15) is 4.58 Å². The number of para-hydroxylation sites is 2. The molecule has 3 aliphatic rings. The van der Waals surface area contributed by atoms with Gasteiger partial charge in [0.05, 0.1) is 11.0 Å². The zero-order valence-corrected chi connectivity index (χ0v) is 32.6. The highest BCUT2D eigenvalue weighted by molar-refractivity contribution is 6.04. The number of likely N-dealkylation sites (N-methyl/N-ethyl adjacent to an activating group) is 1. The molecular formula is C47H49N6O2+. The number of benzene rings is 4. The van der Waals surface area contributed by atoms with Crippen LogP contribution < -0.4 is 10.2 Å². The molecule has 0 amide bonds. The summed E-state index contributed by atoms with van der Waals surface area (Å²) in [7, 11) is 4.23. The Kier molecular flexibility index (Phi) is 10.5. The van der Waals surface area contributed by atoms with E-state index in [1.807, 2.05) is 18.2 Å². The van der Waals surface area contributed by atoms with E-state index in [4.69, 9.17) is 10.3 Å². The minimum Gasteiger partial charge on any atom is -0.457 e. The number of hydrogen-bond acceptors (Lipinski definition) is 5. The molecule has 7 rings (SSSR count). The predicted molar refractivity (Wildman–Crippen MR) is 222 cm³/mol. The largest absolute Gasteiger partial charge is 0.457 e. The molecule has 0 saturated heterocycles. The molecule has 0 aromatic heterocycles. The Morgan fingerprint density at radius 3 is 2.29 bits per heavy atom. The van der Waals surface area contributed by atoms with Crippen molar-refractivity contribution in [2.24, 2.45) is 5.11 Å². The lowest BCUT2D eigenvalue weighted by Gasteiger charge is -2.30. The standard InChI is InChI=1S/C47H49N6O2/c1-46(2)37-16-10-12-18-40(37)52(5)42(46)28-23-34-22-27-39(49-30-32-14-8-7-9-15-32)36(26-29-43-47(3,4)38-17-11-13-19-41(38)53(43)6)44(34)45(54)55-31-33-20-24-35(25-21-33)50-51-48/h7-21,23-26,28-29,39,49H,22,27,30-31H2,1-6H3/q+1. The van der Waals surface area contributed by atoms with Crippen molar-refractivity contribution in [3.63, 3.8) is 0 Å². The number of ether oxygens (including phenoxy) is 1. The van der Waals surface area contributed by atoms with Crippen molar-refractivity contribution in [1.29, 1.82) is 0 Å². The molecule has 0 fully saturated rings. The molecular weight excluding hydrogens is 681 g/mol. The second kappa shape index (κ2) is 15.4. The number of rotatable bonds is 10. The average Bonchev–Trinajstić information content (AvgIpc) is 3.51. The number of fused-ring (bicyclic) bond motifs is 2. The lowest BCUT2D eigenvalue weighted by Crippen LogP contribution is -2.36. The summed E-state index contributed by atoms with van der Waals surface area (Å²) in [5.41, 5.74) is 20.6. The van der Waals surface area contributed by atoms with Gasteiger partial charge in [-0.15, -0.1) is 0 Å². The van der Waals surface area contributed by atoms with Crippen LogP contribution in [0.4, 0.5) is 17.1 Å². The van der Waals surface area contributed by atoms with Gasteiger partial charge in [0.2, 0.25) is 5.69 Å². The number of hydrogen-bond donors (Lipinski definition) is 1. The Balaban J connectivity index is 1.32. The van der Waals surface area contributed by atoms with Crippen LogP contribution in [0.1, 0.15) is 62.8 Å². The monoisotopic (exact) mass is 729 g/mol. The first kappa shape index (κ1) is 37.4. The molecule has 4 aromatic carbocycles. The molecule has 278 valence electrons. The van der Waals surface area contributed by atoms with Gasteiger partial charge in [-0.05, 0) is 72.2 Å². The summed E-state index contributed by atoms with van der Waals surface area (Å²) < 4.78 is 8.42. The highest BCUT2D eigenvalue weighted by Gasteiger charge is 2.43. The summed E-state index contributed by atoms with van der Waals surface area (Å²) in [6.07, 6.45) is 10.2. The Morgan fingerprint density at radius 2 is 1.58 bits per heavy atom. The van der Waals surface area contributed by atoms with Gasteiger partial charge in [0.25, 0.3) is 0 Å². The van der Waals surface area contributed by atoms with Crippen LogP contribution in [0.2, 0.25) is 0 Å². The topological polar surface area (TPSA) is 93.3 Å². The van der Waals surface area contributed by atoms with Crippen LogP contribution in [-0.4, -0.2) is 36.4 Å². The van der Waals surface area contributed by atoms with Gasteiger partial charge in [-0.25, -0.2) is 4.79 Å². The van der Waals surface area contributed by atoms with E-state index >= 15 is 0 Å². The lowest BCUT2D eigenvalue weighted by molar-refractivity contribution is -0.401. The first-order chi connectivity index (χ1) is 26.5. The van der Waals surface area contributed by atoms with Crippen molar-refractivity contribution >= 4 is 28.7 Å². The normalized spacial score (nSPS) is 19.9. The molecule has 2 heterocycles. The smallest absolute Gasteiger partial charge is 0.339 e. The fourth-order valence-electron chi connectivity index (χ4n) is 8.49. The zero-order chi connectivity index (χ0) is 38.7. The third kappa shape index (κ3) is 7.31. The van der Waals surface area contributed by atoms with E-state index < -0.39 is 0 Å². The number of carbonyl (C=O) groups excluding carboxylic acids is 1. The van der Waals surface area contributed by atoms with E-state index in [0.717, 1.165) is 34.5 Å². The van der Waals surface area contributed by atoms with Crippen LogP contribution in [0.5, 0.6) is 0 Å². The quantitative estimate of drug-likeness (QED) is 0.0578. The second-order valence-electron chi connectivity index (χ2n) is 15.6. The molecule has 1 atom stereocenters. The average molecular weight is 730 g/mol. The molecule has 1 unspecified atom stereocenters. The van der Waals surface area contributed by atoms with Crippen LogP contribution in [-0.2, 0) is 33.5 Å². The molecule has 0 radical (unpaired) electrons. The SMILES string of the molecule is CN1C(=CC=C2C(C(=O)OCc3ccc(N=[N+]=[N-])cc3)=C(C=CC3=[N+](C)c4ccccc4C3(C)C)CCC2NCc2ccccc2)C(C)(C)c2ccccc21. The summed E-state index contributed by atoms with van der Waals surface area (Å²) >= 11 is 0. The maximum atomic E-state index is 14.6. The van der Waals surface area contributed by atoms with E-state index in [0.29, 0.717) is 24.2 Å². The van der Waals surface area contributed by atoms with Crippen LogP contribution in [0, 0.1) is 0 Å². The van der Waals surface area contributed by atoms with Crippen LogP contribution in [0.25, 0.3) is 10.4 Å². The van der Waals surface area contributed by atoms with Gasteiger partial charge in [-0.1, -0.05) is 122 Å². The molecule has 0 saturated carbocycles. The lowest BCUT2D eigenvalue weighted by atomic mass is 9.79. The number of anilines is 1. The third-order valence-electron chi connectivity index (χ3n) is 11.5. The van der Waals surface area contributed by atoms with Gasteiger partial charge >= 0.3 is 5.97 Å². The van der Waals surface area contributed by atoms with Crippen molar-refractivity contribution in [3.05, 3.63) is 183 Å². The van der Waals surface area contributed by atoms with Gasteiger partial charge in [0.1, 0.15) is 13.7 Å². The summed E-state index contributed by atoms with van der Waals surface area (Å²) in [5, 5.41) is 7.49. The van der Waals surface area contributed by atoms with Crippen molar-refractivity contribution in [2.75, 3.05) is 19.0 Å². The molecule has 2 aliphatic heterocycles. The summed E-state index contributed by atoms with van der Waals surface area (Å²) in [6.45, 7) is 9.77. The summed E-state index contributed by atoms with van der Waals surface area (Å²) in [5.74, 6) is -0.371. The highest BCUT2D eigenvalue weighted by atomic mass is 16.5. The van der Waals surface area contributed by atoms with Crippen LogP contribution >= 0.6 is 0 Å². The zero-order valence-electron chi connectivity index (χ0n) is 32.6. The molecule has 8 nitrogen and oxygen atoms in total. The number of carbonyl (C=O) groups is 1. The van der Waals surface area contributed by atoms with Crippen molar-refractivity contribution in [3.8, 4) is 0 Å². The maximum absolute atomic E-state index is 14.6. The number of nitrogens with one attached hydrogen (secondary N) is 1. The Hall–Kier alpha value is -5.95. The van der Waals surface area contributed by atoms with E-state index in [-0.39, 0.29) is 29.4 Å². The van der Waals surface area contributed by atoms with Crippen LogP contribution in [0.3, 0.4) is 0 Å². The van der Waals surface area contributed by atoms with E-state index in [2.05, 4.69) is 164 Å². The third-order valence-corrected chi connectivity index (χ3v) is 11.5.